The third kappa shape index (κ3) is 4.87. The minimum absolute atomic E-state index is 0.761. The summed E-state index contributed by atoms with van der Waals surface area (Å²) in [5.41, 5.74) is 0. The summed E-state index contributed by atoms with van der Waals surface area (Å²) in [6, 6.07) is 0. The molecule has 2 rings (SSSR count). The average molecular weight is 280 g/mol. The van der Waals surface area contributed by atoms with E-state index < -0.39 is 0 Å². The molecule has 1 aromatic heterocycles. The Balaban J connectivity index is 1.86. The van der Waals surface area contributed by atoms with E-state index >= 15 is 0 Å². The molecular formula is C15H28N4O. The van der Waals surface area contributed by atoms with E-state index in [4.69, 9.17) is 4.52 Å². The minimum atomic E-state index is 0.761. The average Bonchev–Trinajstić information content (AvgIpc) is 2.88. The van der Waals surface area contributed by atoms with Crippen molar-refractivity contribution in [2.45, 2.75) is 52.5 Å². The Bertz CT molecular complexity index is 374. The number of aromatic nitrogens is 2. The van der Waals surface area contributed by atoms with E-state index in [0.717, 1.165) is 56.7 Å². The van der Waals surface area contributed by atoms with Crippen molar-refractivity contribution in [2.24, 2.45) is 5.92 Å². The fraction of sp³-hybridized carbons (Fsp3) is 0.867. The van der Waals surface area contributed by atoms with Crippen LogP contribution in [0.2, 0.25) is 0 Å². The number of piperidine rings is 1. The van der Waals surface area contributed by atoms with Gasteiger partial charge in [0.15, 0.2) is 5.82 Å². The second-order valence-electron chi connectivity index (χ2n) is 5.80. The Morgan fingerprint density at radius 1 is 1.35 bits per heavy atom. The van der Waals surface area contributed by atoms with Gasteiger partial charge in [0.25, 0.3) is 0 Å². The fourth-order valence-electron chi connectivity index (χ4n) is 2.87. The molecule has 114 valence electrons. The van der Waals surface area contributed by atoms with Crippen molar-refractivity contribution in [3.05, 3.63) is 11.7 Å². The molecule has 1 aliphatic heterocycles. The summed E-state index contributed by atoms with van der Waals surface area (Å²) in [4.78, 5) is 6.95. The molecule has 0 aromatic carbocycles. The zero-order valence-corrected chi connectivity index (χ0v) is 12.9. The maximum absolute atomic E-state index is 5.27. The third-order valence-electron chi connectivity index (χ3n) is 3.79. The topological polar surface area (TPSA) is 54.2 Å². The number of aryl methyl sites for hydroxylation is 1. The molecule has 0 radical (unpaired) electrons. The summed E-state index contributed by atoms with van der Waals surface area (Å²) in [6.07, 6.45) is 5.73. The summed E-state index contributed by atoms with van der Waals surface area (Å²) in [5, 5.41) is 7.60. The second-order valence-corrected chi connectivity index (χ2v) is 5.80. The highest BCUT2D eigenvalue weighted by Crippen LogP contribution is 2.14. The molecule has 0 saturated carbocycles. The van der Waals surface area contributed by atoms with Crippen LogP contribution in [0.3, 0.4) is 0 Å². The van der Waals surface area contributed by atoms with Gasteiger partial charge in [-0.15, -0.1) is 0 Å². The maximum atomic E-state index is 5.27. The predicted octanol–water partition coefficient (Wildman–Crippen LogP) is 2.23. The Hall–Kier alpha value is -0.940. The minimum Gasteiger partial charge on any atom is -0.339 e. The molecule has 1 aromatic rings. The second kappa shape index (κ2) is 8.37. The van der Waals surface area contributed by atoms with Gasteiger partial charge in [0.05, 0.1) is 6.54 Å². The quantitative estimate of drug-likeness (QED) is 0.791. The summed E-state index contributed by atoms with van der Waals surface area (Å²) >= 11 is 0. The third-order valence-corrected chi connectivity index (χ3v) is 3.79. The molecule has 0 bridgehead atoms. The number of rotatable bonds is 8. The van der Waals surface area contributed by atoms with E-state index in [9.17, 15) is 0 Å². The van der Waals surface area contributed by atoms with E-state index in [-0.39, 0.29) is 0 Å². The molecule has 2 heterocycles. The fourth-order valence-corrected chi connectivity index (χ4v) is 2.87. The lowest BCUT2D eigenvalue weighted by Crippen LogP contribution is -2.38. The van der Waals surface area contributed by atoms with Crippen LogP contribution < -0.4 is 5.32 Å². The van der Waals surface area contributed by atoms with Crippen molar-refractivity contribution in [3.8, 4) is 0 Å². The highest BCUT2D eigenvalue weighted by molar-refractivity contribution is 4.87. The Kier molecular flexibility index (Phi) is 6.47. The number of hydrogen-bond acceptors (Lipinski definition) is 5. The van der Waals surface area contributed by atoms with Gasteiger partial charge in [0.1, 0.15) is 0 Å². The molecule has 0 aliphatic carbocycles. The van der Waals surface area contributed by atoms with Crippen LogP contribution in [0.1, 0.15) is 51.2 Å². The van der Waals surface area contributed by atoms with Crippen molar-refractivity contribution in [3.63, 3.8) is 0 Å². The SMILES string of the molecule is CCCc1nc(CN(CCC)CC2CCCNC2)no1. The Morgan fingerprint density at radius 3 is 2.95 bits per heavy atom. The molecule has 5 nitrogen and oxygen atoms in total. The van der Waals surface area contributed by atoms with E-state index in [2.05, 4.69) is 34.2 Å². The number of nitrogens with zero attached hydrogens (tertiary/aromatic N) is 3. The van der Waals surface area contributed by atoms with Crippen molar-refractivity contribution >= 4 is 0 Å². The molecule has 1 aliphatic rings. The van der Waals surface area contributed by atoms with E-state index in [1.807, 2.05) is 0 Å². The van der Waals surface area contributed by atoms with Gasteiger partial charge in [-0.2, -0.15) is 4.98 Å². The van der Waals surface area contributed by atoms with Crippen molar-refractivity contribution in [1.29, 1.82) is 0 Å². The molecule has 0 spiro atoms. The van der Waals surface area contributed by atoms with Gasteiger partial charge < -0.3 is 9.84 Å². The van der Waals surface area contributed by atoms with Gasteiger partial charge in [-0.3, -0.25) is 4.90 Å². The van der Waals surface area contributed by atoms with Crippen LogP contribution in [-0.2, 0) is 13.0 Å². The van der Waals surface area contributed by atoms with Crippen molar-refractivity contribution < 1.29 is 4.52 Å². The Labute approximate surface area is 122 Å². The summed E-state index contributed by atoms with van der Waals surface area (Å²) in [6.45, 7) is 9.74. The van der Waals surface area contributed by atoms with Gasteiger partial charge in [-0.05, 0) is 51.2 Å². The summed E-state index contributed by atoms with van der Waals surface area (Å²) in [7, 11) is 0. The molecule has 1 fully saturated rings. The van der Waals surface area contributed by atoms with E-state index in [0.29, 0.717) is 0 Å². The first kappa shape index (κ1) is 15.4. The zero-order valence-electron chi connectivity index (χ0n) is 12.9. The van der Waals surface area contributed by atoms with Crippen LogP contribution in [-0.4, -0.2) is 41.2 Å². The largest absolute Gasteiger partial charge is 0.339 e. The monoisotopic (exact) mass is 280 g/mol. The summed E-state index contributed by atoms with van der Waals surface area (Å²) in [5.74, 6) is 2.38. The standard InChI is InChI=1S/C15H28N4O/c1-3-6-15-17-14(18-20-15)12-19(9-4-2)11-13-7-5-8-16-10-13/h13,16H,3-12H2,1-2H3. The molecule has 20 heavy (non-hydrogen) atoms. The first-order valence-corrected chi connectivity index (χ1v) is 8.06. The molecule has 1 atom stereocenters. The van der Waals surface area contributed by atoms with Crippen LogP contribution >= 0.6 is 0 Å². The lowest BCUT2D eigenvalue weighted by atomic mass is 9.99. The van der Waals surface area contributed by atoms with Crippen molar-refractivity contribution in [1.82, 2.24) is 20.4 Å². The molecule has 0 amide bonds. The highest BCUT2D eigenvalue weighted by Gasteiger charge is 2.18. The first-order valence-electron chi connectivity index (χ1n) is 8.06. The van der Waals surface area contributed by atoms with Gasteiger partial charge in [0.2, 0.25) is 5.89 Å². The number of nitrogens with one attached hydrogen (secondary N) is 1. The zero-order chi connectivity index (χ0) is 14.2. The van der Waals surface area contributed by atoms with Crippen LogP contribution in [0.15, 0.2) is 4.52 Å². The van der Waals surface area contributed by atoms with Crippen LogP contribution in [0.5, 0.6) is 0 Å². The molecule has 1 N–H and O–H groups in total. The summed E-state index contributed by atoms with van der Waals surface area (Å²) < 4.78 is 5.27. The van der Waals surface area contributed by atoms with Crippen LogP contribution in [0, 0.1) is 5.92 Å². The van der Waals surface area contributed by atoms with Gasteiger partial charge in [-0.1, -0.05) is 19.0 Å². The highest BCUT2D eigenvalue weighted by atomic mass is 16.5. The Morgan fingerprint density at radius 2 is 2.25 bits per heavy atom. The first-order chi connectivity index (χ1) is 9.81. The maximum Gasteiger partial charge on any atom is 0.226 e. The van der Waals surface area contributed by atoms with Gasteiger partial charge in [0, 0.05) is 13.0 Å². The lowest BCUT2D eigenvalue weighted by Gasteiger charge is -2.29. The number of hydrogen-bond donors (Lipinski definition) is 1. The molecular weight excluding hydrogens is 252 g/mol. The molecule has 1 saturated heterocycles. The van der Waals surface area contributed by atoms with Crippen LogP contribution in [0.4, 0.5) is 0 Å². The van der Waals surface area contributed by atoms with Crippen molar-refractivity contribution in [2.75, 3.05) is 26.2 Å². The van der Waals surface area contributed by atoms with Crippen LogP contribution in [0.25, 0.3) is 0 Å². The molecule has 5 heteroatoms. The van der Waals surface area contributed by atoms with Gasteiger partial charge in [-0.25, -0.2) is 0 Å². The van der Waals surface area contributed by atoms with Gasteiger partial charge >= 0.3 is 0 Å². The normalized spacial score (nSPS) is 19.6. The smallest absolute Gasteiger partial charge is 0.226 e. The van der Waals surface area contributed by atoms with E-state index in [1.165, 1.54) is 25.8 Å². The predicted molar refractivity (Wildman–Crippen MR) is 79.5 cm³/mol. The molecule has 1 unspecified atom stereocenters. The van der Waals surface area contributed by atoms with E-state index in [1.54, 1.807) is 0 Å². The lowest BCUT2D eigenvalue weighted by molar-refractivity contribution is 0.195.